The van der Waals surface area contributed by atoms with Gasteiger partial charge in [-0.15, -0.1) is 0 Å². The van der Waals surface area contributed by atoms with Gasteiger partial charge in [-0.3, -0.25) is 9.59 Å². The van der Waals surface area contributed by atoms with E-state index < -0.39 is 5.97 Å². The summed E-state index contributed by atoms with van der Waals surface area (Å²) in [6.45, 7) is 4.69. The Morgan fingerprint density at radius 3 is 2.61 bits per heavy atom. The van der Waals surface area contributed by atoms with Crippen molar-refractivity contribution in [1.82, 2.24) is 5.32 Å². The van der Waals surface area contributed by atoms with Crippen molar-refractivity contribution in [3.63, 3.8) is 0 Å². The molecule has 2 aromatic carbocycles. The highest BCUT2D eigenvalue weighted by Gasteiger charge is 2.57. The Labute approximate surface area is 184 Å². The molecule has 4 heteroatoms. The van der Waals surface area contributed by atoms with Gasteiger partial charge in [0.15, 0.2) is 0 Å². The maximum absolute atomic E-state index is 13.2. The lowest BCUT2D eigenvalue weighted by atomic mass is 9.44. The number of amides is 1. The Kier molecular flexibility index (Phi) is 6.17. The molecule has 4 nitrogen and oxygen atoms in total. The summed E-state index contributed by atoms with van der Waals surface area (Å²) in [5.74, 6) is 0.974. The van der Waals surface area contributed by atoms with Crippen molar-refractivity contribution in [1.29, 1.82) is 0 Å². The van der Waals surface area contributed by atoms with E-state index in [9.17, 15) is 9.59 Å². The van der Waals surface area contributed by atoms with Gasteiger partial charge in [0, 0.05) is 18.0 Å². The van der Waals surface area contributed by atoms with E-state index in [2.05, 4.69) is 37.4 Å². The molecular formula is C27H33NO3. The highest BCUT2D eigenvalue weighted by atomic mass is 16.4. The van der Waals surface area contributed by atoms with Crippen LogP contribution in [0.1, 0.15) is 62.7 Å². The molecule has 1 amide bonds. The number of hydrogen-bond donors (Lipinski definition) is 2. The van der Waals surface area contributed by atoms with Crippen LogP contribution in [0.2, 0.25) is 0 Å². The van der Waals surface area contributed by atoms with Crippen LogP contribution in [0.4, 0.5) is 0 Å². The lowest BCUT2D eigenvalue weighted by molar-refractivity contribution is -0.137. The predicted molar refractivity (Wildman–Crippen MR) is 124 cm³/mol. The first-order chi connectivity index (χ1) is 14.9. The molecule has 0 unspecified atom stereocenters. The summed E-state index contributed by atoms with van der Waals surface area (Å²) in [6.07, 6.45) is 9.29. The number of unbranched alkanes of at least 4 members (excludes halogenated alkanes) is 1. The fraction of sp³-hybridized carbons (Fsp3) is 0.481. The smallest absolute Gasteiger partial charge is 0.303 e. The van der Waals surface area contributed by atoms with Gasteiger partial charge < -0.3 is 10.4 Å². The summed E-state index contributed by atoms with van der Waals surface area (Å²) in [6, 6.07) is 14.2. The number of carbonyl (C=O) groups excluding carboxylic acids is 1. The summed E-state index contributed by atoms with van der Waals surface area (Å²) in [4.78, 5) is 23.8. The molecule has 31 heavy (non-hydrogen) atoms. The fourth-order valence-electron chi connectivity index (χ4n) is 5.69. The van der Waals surface area contributed by atoms with Crippen molar-refractivity contribution < 1.29 is 14.7 Å². The number of benzene rings is 2. The minimum Gasteiger partial charge on any atom is -0.481 e. The van der Waals surface area contributed by atoms with Crippen molar-refractivity contribution in [3.8, 4) is 0 Å². The molecule has 3 saturated carbocycles. The van der Waals surface area contributed by atoms with Crippen molar-refractivity contribution in [2.45, 2.75) is 58.4 Å². The second-order valence-corrected chi connectivity index (χ2v) is 9.91. The fourth-order valence-corrected chi connectivity index (χ4v) is 5.69. The van der Waals surface area contributed by atoms with E-state index in [1.165, 1.54) is 6.42 Å². The van der Waals surface area contributed by atoms with Crippen molar-refractivity contribution in [2.24, 2.45) is 23.2 Å². The molecular weight excluding hydrogens is 386 g/mol. The lowest BCUT2D eigenvalue weighted by Crippen LogP contribution is -2.63. The van der Waals surface area contributed by atoms with E-state index in [1.807, 2.05) is 36.4 Å². The third-order valence-electron chi connectivity index (χ3n) is 7.75. The third kappa shape index (κ3) is 4.53. The molecule has 3 fully saturated rings. The zero-order valence-electron chi connectivity index (χ0n) is 18.5. The zero-order valence-corrected chi connectivity index (χ0v) is 18.5. The summed E-state index contributed by atoms with van der Waals surface area (Å²) in [7, 11) is 0. The van der Waals surface area contributed by atoms with E-state index in [4.69, 9.17) is 5.11 Å². The number of carboxylic acid groups (broad SMARTS) is 1. The Balaban J connectivity index is 1.44. The molecule has 3 aliphatic rings. The van der Waals surface area contributed by atoms with Crippen LogP contribution in [0.3, 0.4) is 0 Å². The van der Waals surface area contributed by atoms with Crippen LogP contribution in [0.25, 0.3) is 10.8 Å². The minimum absolute atomic E-state index is 0.0207. The molecule has 2 N–H and O–H groups in total. The lowest BCUT2D eigenvalue weighted by Gasteiger charge is -2.62. The SMILES string of the molecule is CC1(C)[C@H]2C[C@H](C/C=C/CCCC(=O)O)[C@@H](NC(=O)c3ccc4ccccc4c3)[C@@H]1C2. The molecule has 3 aliphatic carbocycles. The third-order valence-corrected chi connectivity index (χ3v) is 7.75. The van der Waals surface area contributed by atoms with Gasteiger partial charge in [0.05, 0.1) is 0 Å². The van der Waals surface area contributed by atoms with Gasteiger partial charge >= 0.3 is 5.97 Å². The van der Waals surface area contributed by atoms with Gasteiger partial charge in [-0.05, 0) is 78.2 Å². The van der Waals surface area contributed by atoms with E-state index in [0.717, 1.165) is 41.5 Å². The van der Waals surface area contributed by atoms with Crippen molar-refractivity contribution in [3.05, 3.63) is 60.2 Å². The van der Waals surface area contributed by atoms with E-state index >= 15 is 0 Å². The molecule has 0 spiro atoms. The average molecular weight is 420 g/mol. The van der Waals surface area contributed by atoms with Crippen LogP contribution in [0, 0.1) is 23.2 Å². The van der Waals surface area contributed by atoms with Crippen LogP contribution >= 0.6 is 0 Å². The van der Waals surface area contributed by atoms with Gasteiger partial charge in [-0.25, -0.2) is 0 Å². The van der Waals surface area contributed by atoms with Crippen LogP contribution in [-0.4, -0.2) is 23.0 Å². The maximum Gasteiger partial charge on any atom is 0.303 e. The second kappa shape index (κ2) is 8.86. The first kappa shape index (κ1) is 21.6. The summed E-state index contributed by atoms with van der Waals surface area (Å²) >= 11 is 0. The first-order valence-electron chi connectivity index (χ1n) is 11.5. The highest BCUT2D eigenvalue weighted by Crippen LogP contribution is 2.61. The molecule has 0 saturated heterocycles. The zero-order chi connectivity index (χ0) is 22.0. The molecule has 5 rings (SSSR count). The molecule has 0 aromatic heterocycles. The second-order valence-electron chi connectivity index (χ2n) is 9.91. The number of rotatable bonds is 8. The van der Waals surface area contributed by atoms with Gasteiger partial charge in [-0.2, -0.15) is 0 Å². The number of carboxylic acids is 1. The molecule has 0 heterocycles. The molecule has 2 aromatic rings. The van der Waals surface area contributed by atoms with Crippen LogP contribution in [-0.2, 0) is 4.79 Å². The topological polar surface area (TPSA) is 66.4 Å². The van der Waals surface area contributed by atoms with Crippen LogP contribution in [0.5, 0.6) is 0 Å². The van der Waals surface area contributed by atoms with Gasteiger partial charge in [0.1, 0.15) is 0 Å². The monoisotopic (exact) mass is 419 g/mol. The first-order valence-corrected chi connectivity index (χ1v) is 11.5. The van der Waals surface area contributed by atoms with Crippen LogP contribution in [0.15, 0.2) is 54.6 Å². The summed E-state index contributed by atoms with van der Waals surface area (Å²) < 4.78 is 0. The number of nitrogens with one attached hydrogen (secondary N) is 1. The predicted octanol–water partition coefficient (Wildman–Crippen LogP) is 5.82. The number of carbonyl (C=O) groups is 2. The van der Waals surface area contributed by atoms with Gasteiger partial charge in [0.25, 0.3) is 5.91 Å². The van der Waals surface area contributed by atoms with Crippen LogP contribution < -0.4 is 5.32 Å². The minimum atomic E-state index is -0.737. The molecule has 4 atom stereocenters. The Bertz CT molecular complexity index is 993. The summed E-state index contributed by atoms with van der Waals surface area (Å²) in [5, 5.41) is 14.4. The maximum atomic E-state index is 13.2. The Morgan fingerprint density at radius 1 is 1.10 bits per heavy atom. The van der Waals surface area contributed by atoms with E-state index in [-0.39, 0.29) is 23.8 Å². The average Bonchev–Trinajstić information content (AvgIpc) is 2.75. The Hall–Kier alpha value is -2.62. The molecule has 0 radical (unpaired) electrons. The molecule has 0 aliphatic heterocycles. The van der Waals surface area contributed by atoms with E-state index in [1.54, 1.807) is 0 Å². The number of fused-ring (bicyclic) bond motifs is 3. The number of allylic oxidation sites excluding steroid dienone is 2. The molecule has 2 bridgehead atoms. The quantitative estimate of drug-likeness (QED) is 0.418. The van der Waals surface area contributed by atoms with Gasteiger partial charge in [-0.1, -0.05) is 56.3 Å². The van der Waals surface area contributed by atoms with Crippen molar-refractivity contribution >= 4 is 22.6 Å². The van der Waals surface area contributed by atoms with E-state index in [0.29, 0.717) is 18.3 Å². The Morgan fingerprint density at radius 2 is 1.87 bits per heavy atom. The normalized spacial score (nSPS) is 26.5. The summed E-state index contributed by atoms with van der Waals surface area (Å²) in [5.41, 5.74) is 1.00. The molecule has 164 valence electrons. The van der Waals surface area contributed by atoms with Gasteiger partial charge in [0.2, 0.25) is 0 Å². The standard InChI is InChI=1S/C27H33NO3/c1-27(2)22-16-20(11-5-3-4-6-12-24(29)30)25(23(27)17-22)28-26(31)21-14-13-18-9-7-8-10-19(18)15-21/h3,5,7-10,13-15,20,22-23,25H,4,6,11-12,16-17H2,1-2H3,(H,28,31)(H,29,30)/b5-3+/t20-,22-,23-,25+/m0/s1. The highest BCUT2D eigenvalue weighted by molar-refractivity contribution is 5.98. The number of hydrogen-bond acceptors (Lipinski definition) is 2. The number of aliphatic carboxylic acids is 1. The van der Waals surface area contributed by atoms with Crippen molar-refractivity contribution in [2.75, 3.05) is 0 Å². The largest absolute Gasteiger partial charge is 0.481 e.